The van der Waals surface area contributed by atoms with Crippen molar-refractivity contribution in [1.29, 1.82) is 0 Å². The molecule has 0 radical (unpaired) electrons. The van der Waals surface area contributed by atoms with E-state index in [1.807, 2.05) is 12.1 Å². The first kappa shape index (κ1) is 37.8. The minimum absolute atomic E-state index is 0.0249. The molecule has 8 nitrogen and oxygen atoms in total. The summed E-state index contributed by atoms with van der Waals surface area (Å²) in [6, 6.07) is 3.75. The van der Waals surface area contributed by atoms with E-state index in [0.29, 0.717) is 52.5 Å². The smallest absolute Gasteiger partial charge is 0.309 e. The van der Waals surface area contributed by atoms with E-state index in [2.05, 4.69) is 58.7 Å². The molecule has 0 amide bonds. The SMILES string of the molecule is CC(C)C1=C2[C@H]3CCC4[C@@]5(C)CC[C@H](OC(=O)CC(C)(C)C(=O)O)C(C)(C)C5CC[C@@]4(C)[C@]3(C)CC[C@@]2(Cc2nnc(-c3ccc(Cl)s3)o2)CC1=O. The number of hydrogen-bond acceptors (Lipinski definition) is 8. The number of allylic oxidation sites excluding steroid dienone is 2. The van der Waals surface area contributed by atoms with Gasteiger partial charge in [0.05, 0.1) is 21.0 Å². The van der Waals surface area contributed by atoms with Crippen LogP contribution < -0.4 is 0 Å². The summed E-state index contributed by atoms with van der Waals surface area (Å²) < 4.78 is 13.1. The third kappa shape index (κ3) is 5.59. The van der Waals surface area contributed by atoms with E-state index in [9.17, 15) is 19.5 Å². The minimum atomic E-state index is -1.16. The van der Waals surface area contributed by atoms with Crippen molar-refractivity contribution in [2.24, 2.45) is 56.2 Å². The topological polar surface area (TPSA) is 120 Å². The molecule has 4 fully saturated rings. The van der Waals surface area contributed by atoms with Crippen molar-refractivity contribution in [3.8, 4) is 10.8 Å². The van der Waals surface area contributed by atoms with E-state index >= 15 is 0 Å². The summed E-state index contributed by atoms with van der Waals surface area (Å²) >= 11 is 7.63. The van der Waals surface area contributed by atoms with E-state index in [-0.39, 0.29) is 45.5 Å². The predicted octanol–water partition coefficient (Wildman–Crippen LogP) is 10.4. The Labute approximate surface area is 317 Å². The highest BCUT2D eigenvalue weighted by Crippen LogP contribution is 2.77. The van der Waals surface area contributed by atoms with Crippen molar-refractivity contribution < 1.29 is 28.6 Å². The molecular weight excluding hydrogens is 696 g/mol. The number of esters is 1. The molecule has 1 N–H and O–H groups in total. The molecule has 0 aliphatic heterocycles. The van der Waals surface area contributed by atoms with Gasteiger partial charge in [-0.15, -0.1) is 21.5 Å². The highest BCUT2D eigenvalue weighted by atomic mass is 35.5. The molecule has 0 aromatic carbocycles. The highest BCUT2D eigenvalue weighted by Gasteiger charge is 2.70. The molecular formula is C42H57ClN2O6S. The quantitative estimate of drug-likeness (QED) is 0.265. The van der Waals surface area contributed by atoms with Gasteiger partial charge in [0.1, 0.15) is 6.10 Å². The molecule has 2 unspecified atom stereocenters. The second-order valence-electron chi connectivity index (χ2n) is 19.5. The van der Waals surface area contributed by atoms with E-state index in [4.69, 9.17) is 20.8 Å². The second kappa shape index (κ2) is 12.5. The third-order valence-electron chi connectivity index (χ3n) is 15.7. The number of carboxylic acid groups (broad SMARTS) is 1. The number of thiophene rings is 1. The Balaban J connectivity index is 1.17. The van der Waals surface area contributed by atoms with Gasteiger partial charge in [-0.2, -0.15) is 0 Å². The van der Waals surface area contributed by atoms with E-state index in [0.717, 1.165) is 61.8 Å². The molecule has 284 valence electrons. The Morgan fingerprint density at radius 3 is 2.38 bits per heavy atom. The first-order valence-electron chi connectivity index (χ1n) is 19.5. The number of halogens is 1. The maximum absolute atomic E-state index is 14.1. The number of carbonyl (C=O) groups excluding carboxylic acids is 2. The van der Waals surface area contributed by atoms with Crippen molar-refractivity contribution in [3.05, 3.63) is 33.5 Å². The molecule has 0 spiro atoms. The third-order valence-corrected chi connectivity index (χ3v) is 16.9. The number of aromatic nitrogens is 2. The summed E-state index contributed by atoms with van der Waals surface area (Å²) in [5.74, 6) is 1.32. The summed E-state index contributed by atoms with van der Waals surface area (Å²) in [6.45, 7) is 19.7. The lowest BCUT2D eigenvalue weighted by molar-refractivity contribution is -0.233. The molecule has 0 bridgehead atoms. The monoisotopic (exact) mass is 752 g/mol. The number of nitrogens with zero attached hydrogens (tertiary/aromatic N) is 2. The van der Waals surface area contributed by atoms with Crippen molar-refractivity contribution in [3.63, 3.8) is 0 Å². The van der Waals surface area contributed by atoms with Crippen LogP contribution in [0.1, 0.15) is 132 Å². The normalized spacial score (nSPS) is 36.9. The molecule has 0 saturated heterocycles. The predicted molar refractivity (Wildman–Crippen MR) is 202 cm³/mol. The van der Waals surface area contributed by atoms with E-state index < -0.39 is 17.4 Å². The number of Topliss-reactive ketones (excluding diaryl/α,β-unsaturated/α-hetero) is 1. The fourth-order valence-electron chi connectivity index (χ4n) is 12.9. The van der Waals surface area contributed by atoms with Crippen LogP contribution in [0.4, 0.5) is 0 Å². The van der Waals surface area contributed by atoms with E-state index in [1.165, 1.54) is 16.9 Å². The number of hydrogen-bond donors (Lipinski definition) is 1. The number of aliphatic carboxylic acids is 1. The number of carbonyl (C=O) groups is 3. The van der Waals surface area contributed by atoms with Crippen LogP contribution in [0.2, 0.25) is 4.34 Å². The first-order valence-corrected chi connectivity index (χ1v) is 20.7. The molecule has 5 aliphatic rings. The molecule has 7 rings (SSSR count). The Bertz CT molecular complexity index is 1820. The molecule has 2 aromatic rings. The number of fused-ring (bicyclic) bond motifs is 7. The Morgan fingerprint density at radius 1 is 1.00 bits per heavy atom. The van der Waals surface area contributed by atoms with Gasteiger partial charge in [-0.25, -0.2) is 0 Å². The molecule has 10 heteroatoms. The van der Waals surface area contributed by atoms with Gasteiger partial charge in [-0.1, -0.05) is 65.6 Å². The average Bonchev–Trinajstić information content (AvgIpc) is 3.75. The van der Waals surface area contributed by atoms with Gasteiger partial charge in [-0.3, -0.25) is 14.4 Å². The number of ketones is 1. The molecule has 8 atom stereocenters. The van der Waals surface area contributed by atoms with Crippen LogP contribution in [-0.4, -0.2) is 39.1 Å². The fourth-order valence-corrected chi connectivity index (χ4v) is 13.9. The van der Waals surface area contributed by atoms with Crippen molar-refractivity contribution in [2.75, 3.05) is 0 Å². The molecule has 4 saturated carbocycles. The lowest BCUT2D eigenvalue weighted by Crippen LogP contribution is -2.65. The van der Waals surface area contributed by atoms with Crippen LogP contribution in [0.15, 0.2) is 27.7 Å². The lowest BCUT2D eigenvalue weighted by Gasteiger charge is -2.72. The zero-order valence-electron chi connectivity index (χ0n) is 32.5. The van der Waals surface area contributed by atoms with Crippen molar-refractivity contribution in [2.45, 2.75) is 139 Å². The van der Waals surface area contributed by atoms with Crippen LogP contribution in [0.3, 0.4) is 0 Å². The Hall–Kier alpha value is -2.52. The number of ether oxygens (including phenoxy) is 1. The lowest BCUT2D eigenvalue weighted by atomic mass is 9.33. The van der Waals surface area contributed by atoms with Gasteiger partial charge in [0.25, 0.3) is 5.89 Å². The Morgan fingerprint density at radius 2 is 1.73 bits per heavy atom. The number of carboxylic acids is 1. The van der Waals surface area contributed by atoms with Crippen LogP contribution in [-0.2, 0) is 25.5 Å². The van der Waals surface area contributed by atoms with Crippen LogP contribution >= 0.6 is 22.9 Å². The summed E-state index contributed by atoms with van der Waals surface area (Å²) in [5, 5.41) is 18.5. The standard InChI is InChI=1S/C42H57ClN2O6S/c1-23(2)33-25(46)20-42(21-31-44-45-35(51-31)26-11-13-30(43)52-26)19-18-40(8)24(34(33)42)10-12-28-39(7)16-15-29(50-32(47)22-37(3,4)36(48)49)38(5,6)27(39)14-17-41(28,40)9/h11,13,23-24,27-29H,10,12,14-22H2,1-9H3,(H,48,49)/t24-,27?,28?,29+,39+,40-,41-,42+/m1/s1. The van der Waals surface area contributed by atoms with Gasteiger partial charge in [0.2, 0.25) is 5.89 Å². The summed E-state index contributed by atoms with van der Waals surface area (Å²) in [7, 11) is 0. The highest BCUT2D eigenvalue weighted by molar-refractivity contribution is 7.19. The van der Waals surface area contributed by atoms with Crippen LogP contribution in [0, 0.1) is 56.2 Å². The summed E-state index contributed by atoms with van der Waals surface area (Å²) in [5.41, 5.74) is 0.926. The zero-order chi connectivity index (χ0) is 37.8. The second-order valence-corrected chi connectivity index (χ2v) is 21.2. The first-order chi connectivity index (χ1) is 24.2. The van der Waals surface area contributed by atoms with Crippen LogP contribution in [0.25, 0.3) is 10.8 Å². The van der Waals surface area contributed by atoms with Gasteiger partial charge in [0, 0.05) is 23.7 Å². The maximum Gasteiger partial charge on any atom is 0.309 e. The molecule has 52 heavy (non-hydrogen) atoms. The van der Waals surface area contributed by atoms with Crippen molar-refractivity contribution >= 4 is 40.7 Å². The van der Waals surface area contributed by atoms with Gasteiger partial charge < -0.3 is 14.3 Å². The summed E-state index contributed by atoms with van der Waals surface area (Å²) in [6.07, 6.45) is 8.82. The molecule has 5 aliphatic carbocycles. The fraction of sp³-hybridized carbons (Fsp3) is 0.738. The largest absolute Gasteiger partial charge is 0.481 e. The number of rotatable bonds is 8. The van der Waals surface area contributed by atoms with E-state index in [1.54, 1.807) is 13.8 Å². The average molecular weight is 753 g/mol. The van der Waals surface area contributed by atoms with Gasteiger partial charge in [-0.05, 0) is 123 Å². The Kier molecular flexibility index (Phi) is 9.09. The molecule has 2 heterocycles. The van der Waals surface area contributed by atoms with Crippen LogP contribution in [0.5, 0.6) is 0 Å². The maximum atomic E-state index is 14.1. The molecule has 2 aromatic heterocycles. The van der Waals surface area contributed by atoms with Crippen molar-refractivity contribution in [1.82, 2.24) is 10.2 Å². The van der Waals surface area contributed by atoms with Gasteiger partial charge >= 0.3 is 11.9 Å². The van der Waals surface area contributed by atoms with Gasteiger partial charge in [0.15, 0.2) is 5.78 Å². The zero-order valence-corrected chi connectivity index (χ0v) is 34.1. The summed E-state index contributed by atoms with van der Waals surface area (Å²) in [4.78, 5) is 39.8. The minimum Gasteiger partial charge on any atom is -0.481 e.